The molecular formula is C13H18N2O2S. The van der Waals surface area contributed by atoms with Gasteiger partial charge in [-0.1, -0.05) is 6.92 Å². The van der Waals surface area contributed by atoms with Crippen LogP contribution < -0.4 is 0 Å². The molecule has 1 amide bonds. The van der Waals surface area contributed by atoms with Gasteiger partial charge in [-0.05, 0) is 30.7 Å². The van der Waals surface area contributed by atoms with Crippen LogP contribution in [0.15, 0.2) is 23.4 Å². The Bertz CT molecular complexity index is 421. The average molecular weight is 266 g/mol. The maximum Gasteiger partial charge on any atom is 0.254 e. The summed E-state index contributed by atoms with van der Waals surface area (Å²) in [6, 6.07) is 3.90. The molecule has 1 N–H and O–H groups in total. The van der Waals surface area contributed by atoms with Crippen molar-refractivity contribution < 1.29 is 9.90 Å². The SMILES string of the molecule is CCSc1cc(C(=O)N(CCO)C2CC2)ccn1. The molecular weight excluding hydrogens is 248 g/mol. The highest BCUT2D eigenvalue weighted by molar-refractivity contribution is 7.99. The topological polar surface area (TPSA) is 53.4 Å². The van der Waals surface area contributed by atoms with Gasteiger partial charge in [-0.2, -0.15) is 0 Å². The van der Waals surface area contributed by atoms with Gasteiger partial charge in [-0.3, -0.25) is 4.79 Å². The molecule has 98 valence electrons. The van der Waals surface area contributed by atoms with Crippen molar-refractivity contribution in [3.8, 4) is 0 Å². The summed E-state index contributed by atoms with van der Waals surface area (Å²) in [6.45, 7) is 2.50. The molecule has 0 radical (unpaired) electrons. The first kappa shape index (κ1) is 13.4. The summed E-state index contributed by atoms with van der Waals surface area (Å²) in [5.41, 5.74) is 0.668. The number of carbonyl (C=O) groups is 1. The van der Waals surface area contributed by atoms with E-state index in [1.807, 2.05) is 6.07 Å². The normalized spacial score (nSPS) is 14.6. The van der Waals surface area contributed by atoms with E-state index in [0.717, 1.165) is 23.6 Å². The zero-order chi connectivity index (χ0) is 13.0. The lowest BCUT2D eigenvalue weighted by molar-refractivity contribution is 0.0707. The summed E-state index contributed by atoms with van der Waals surface area (Å²) in [7, 11) is 0. The molecule has 1 aromatic rings. The highest BCUT2D eigenvalue weighted by Crippen LogP contribution is 2.28. The molecule has 4 nitrogen and oxygen atoms in total. The van der Waals surface area contributed by atoms with Gasteiger partial charge in [0.25, 0.3) is 5.91 Å². The lowest BCUT2D eigenvalue weighted by atomic mass is 10.2. The van der Waals surface area contributed by atoms with Crippen LogP contribution in [0.1, 0.15) is 30.1 Å². The van der Waals surface area contributed by atoms with E-state index in [2.05, 4.69) is 11.9 Å². The van der Waals surface area contributed by atoms with Crippen molar-refractivity contribution in [3.05, 3.63) is 23.9 Å². The minimum atomic E-state index is 0.00639. The summed E-state index contributed by atoms with van der Waals surface area (Å²) in [4.78, 5) is 18.3. The minimum Gasteiger partial charge on any atom is -0.395 e. The Labute approximate surface area is 111 Å². The number of hydrogen-bond acceptors (Lipinski definition) is 4. The van der Waals surface area contributed by atoms with Crippen molar-refractivity contribution in [2.75, 3.05) is 18.9 Å². The second-order valence-electron chi connectivity index (χ2n) is 4.27. The van der Waals surface area contributed by atoms with Gasteiger partial charge in [0.05, 0.1) is 11.6 Å². The van der Waals surface area contributed by atoms with Crippen LogP contribution in [-0.4, -0.2) is 45.8 Å². The monoisotopic (exact) mass is 266 g/mol. The molecule has 5 heteroatoms. The van der Waals surface area contributed by atoms with Crippen molar-refractivity contribution in [2.24, 2.45) is 0 Å². The van der Waals surface area contributed by atoms with E-state index in [-0.39, 0.29) is 12.5 Å². The van der Waals surface area contributed by atoms with E-state index in [1.54, 1.807) is 28.9 Å². The molecule has 0 unspecified atom stereocenters. The number of amides is 1. The number of hydrogen-bond donors (Lipinski definition) is 1. The van der Waals surface area contributed by atoms with Gasteiger partial charge in [0.2, 0.25) is 0 Å². The summed E-state index contributed by atoms with van der Waals surface area (Å²) in [5, 5.41) is 9.92. The number of aliphatic hydroxyl groups excluding tert-OH is 1. The number of rotatable bonds is 6. The van der Waals surface area contributed by atoms with Gasteiger partial charge in [-0.15, -0.1) is 11.8 Å². The maximum atomic E-state index is 12.4. The predicted molar refractivity (Wildman–Crippen MR) is 71.8 cm³/mol. The van der Waals surface area contributed by atoms with E-state index < -0.39 is 0 Å². The van der Waals surface area contributed by atoms with E-state index in [9.17, 15) is 4.79 Å². The largest absolute Gasteiger partial charge is 0.395 e. The fourth-order valence-electron chi connectivity index (χ4n) is 1.88. The molecule has 1 saturated carbocycles. The van der Waals surface area contributed by atoms with Gasteiger partial charge in [0, 0.05) is 24.3 Å². The van der Waals surface area contributed by atoms with Crippen LogP contribution in [0.25, 0.3) is 0 Å². The second-order valence-corrected chi connectivity index (χ2v) is 5.55. The molecule has 0 saturated heterocycles. The molecule has 1 fully saturated rings. The Morgan fingerprint density at radius 1 is 1.61 bits per heavy atom. The van der Waals surface area contributed by atoms with E-state index in [1.165, 1.54) is 0 Å². The van der Waals surface area contributed by atoms with Crippen LogP contribution in [0.3, 0.4) is 0 Å². The van der Waals surface area contributed by atoms with E-state index in [0.29, 0.717) is 18.2 Å². The number of thioether (sulfide) groups is 1. The van der Waals surface area contributed by atoms with Gasteiger partial charge in [-0.25, -0.2) is 4.98 Å². The average Bonchev–Trinajstić information content (AvgIpc) is 3.20. The third kappa shape index (κ3) is 3.23. The zero-order valence-electron chi connectivity index (χ0n) is 10.5. The molecule has 0 aromatic carbocycles. The molecule has 0 atom stereocenters. The highest BCUT2D eigenvalue weighted by atomic mass is 32.2. The van der Waals surface area contributed by atoms with Crippen LogP contribution in [0, 0.1) is 0 Å². The third-order valence-corrected chi connectivity index (χ3v) is 3.67. The molecule has 1 aromatic heterocycles. The molecule has 0 spiro atoms. The first-order valence-electron chi connectivity index (χ1n) is 6.27. The Kier molecular flexibility index (Phi) is 4.60. The Morgan fingerprint density at radius 2 is 2.39 bits per heavy atom. The first-order valence-corrected chi connectivity index (χ1v) is 7.25. The third-order valence-electron chi connectivity index (χ3n) is 2.86. The molecule has 1 heterocycles. The lowest BCUT2D eigenvalue weighted by Crippen LogP contribution is -2.35. The Balaban J connectivity index is 2.13. The molecule has 0 aliphatic heterocycles. The Hall–Kier alpha value is -1.07. The van der Waals surface area contributed by atoms with Crippen LogP contribution in [-0.2, 0) is 0 Å². The summed E-state index contributed by atoms with van der Waals surface area (Å²) < 4.78 is 0. The fourth-order valence-corrected chi connectivity index (χ4v) is 2.52. The molecule has 1 aliphatic carbocycles. The maximum absolute atomic E-state index is 12.4. The number of aliphatic hydroxyl groups is 1. The smallest absolute Gasteiger partial charge is 0.254 e. The van der Waals surface area contributed by atoms with E-state index >= 15 is 0 Å². The molecule has 0 bridgehead atoms. The van der Waals surface area contributed by atoms with Crippen LogP contribution in [0.2, 0.25) is 0 Å². The number of pyridine rings is 1. The molecule has 18 heavy (non-hydrogen) atoms. The first-order chi connectivity index (χ1) is 8.76. The van der Waals surface area contributed by atoms with Crippen molar-refractivity contribution >= 4 is 17.7 Å². The van der Waals surface area contributed by atoms with Gasteiger partial charge < -0.3 is 10.0 Å². The number of aromatic nitrogens is 1. The van der Waals surface area contributed by atoms with Gasteiger partial charge in [0.1, 0.15) is 0 Å². The minimum absolute atomic E-state index is 0.00639. The van der Waals surface area contributed by atoms with Gasteiger partial charge >= 0.3 is 0 Å². The van der Waals surface area contributed by atoms with Gasteiger partial charge in [0.15, 0.2) is 0 Å². The number of nitrogens with zero attached hydrogens (tertiary/aromatic N) is 2. The van der Waals surface area contributed by atoms with Crippen molar-refractivity contribution in [1.29, 1.82) is 0 Å². The van der Waals surface area contributed by atoms with E-state index in [4.69, 9.17) is 5.11 Å². The summed E-state index contributed by atoms with van der Waals surface area (Å²) in [5.74, 6) is 0.945. The van der Waals surface area contributed by atoms with Crippen LogP contribution in [0.5, 0.6) is 0 Å². The number of carbonyl (C=O) groups excluding carboxylic acids is 1. The lowest BCUT2D eigenvalue weighted by Gasteiger charge is -2.21. The van der Waals surface area contributed by atoms with Crippen LogP contribution in [0.4, 0.5) is 0 Å². The quantitative estimate of drug-likeness (QED) is 0.798. The van der Waals surface area contributed by atoms with Crippen molar-refractivity contribution in [1.82, 2.24) is 9.88 Å². The zero-order valence-corrected chi connectivity index (χ0v) is 11.3. The fraction of sp³-hybridized carbons (Fsp3) is 0.538. The van der Waals surface area contributed by atoms with Crippen LogP contribution >= 0.6 is 11.8 Å². The Morgan fingerprint density at radius 3 is 3.00 bits per heavy atom. The highest BCUT2D eigenvalue weighted by Gasteiger charge is 2.32. The molecule has 1 aliphatic rings. The van der Waals surface area contributed by atoms with Crippen molar-refractivity contribution in [3.63, 3.8) is 0 Å². The summed E-state index contributed by atoms with van der Waals surface area (Å²) in [6.07, 6.45) is 3.77. The van der Waals surface area contributed by atoms with Crippen molar-refractivity contribution in [2.45, 2.75) is 30.8 Å². The standard InChI is InChI=1S/C13H18N2O2S/c1-2-18-12-9-10(5-6-14-12)13(17)15(7-8-16)11-3-4-11/h5-6,9,11,16H,2-4,7-8H2,1H3. The predicted octanol–water partition coefficient (Wildman–Crippen LogP) is 1.79. The summed E-state index contributed by atoms with van der Waals surface area (Å²) >= 11 is 1.62. The second kappa shape index (κ2) is 6.20. The molecule has 2 rings (SSSR count).